The highest BCUT2D eigenvalue weighted by atomic mass is 19.1. The van der Waals surface area contributed by atoms with Gasteiger partial charge in [0.15, 0.2) is 5.82 Å². The molecule has 0 unspecified atom stereocenters. The van der Waals surface area contributed by atoms with Crippen LogP contribution in [0.15, 0.2) is 24.5 Å². The first-order chi connectivity index (χ1) is 11.7. The molecule has 0 aliphatic carbocycles. The zero-order chi connectivity index (χ0) is 16.6. The van der Waals surface area contributed by atoms with Crippen molar-refractivity contribution in [2.45, 2.75) is 12.8 Å². The van der Waals surface area contributed by atoms with E-state index in [0.717, 1.165) is 19.4 Å². The molecule has 24 heavy (non-hydrogen) atoms. The van der Waals surface area contributed by atoms with Crippen LogP contribution >= 0.6 is 0 Å². The molecular formula is C17H21FN4O2. The lowest BCUT2D eigenvalue weighted by molar-refractivity contribution is -0.139. The molecule has 6 nitrogen and oxygen atoms in total. The van der Waals surface area contributed by atoms with Gasteiger partial charge in [0.25, 0.3) is 0 Å². The van der Waals surface area contributed by atoms with E-state index in [1.54, 1.807) is 0 Å². The minimum atomic E-state index is -0.450. The predicted octanol–water partition coefficient (Wildman–Crippen LogP) is 1.25. The zero-order valence-corrected chi connectivity index (χ0v) is 13.5. The average Bonchev–Trinajstić information content (AvgIpc) is 3.25. The fourth-order valence-electron chi connectivity index (χ4n) is 4.09. The Kier molecular flexibility index (Phi) is 3.96. The minimum Gasteiger partial charge on any atom is -0.381 e. The van der Waals surface area contributed by atoms with Gasteiger partial charge in [0.05, 0.1) is 18.3 Å². The van der Waals surface area contributed by atoms with Gasteiger partial charge in [0.1, 0.15) is 0 Å². The summed E-state index contributed by atoms with van der Waals surface area (Å²) in [6.45, 7) is 4.05. The maximum atomic E-state index is 13.1. The molecule has 128 valence electrons. The molecular weight excluding hydrogens is 311 g/mol. The number of carbonyl (C=O) groups excluding carboxylic acids is 1. The second kappa shape index (κ2) is 6.12. The minimum absolute atomic E-state index is 0.0880. The normalized spacial score (nSPS) is 25.6. The number of aromatic nitrogens is 2. The summed E-state index contributed by atoms with van der Waals surface area (Å²) in [4.78, 5) is 25.2. The number of rotatable bonds is 2. The van der Waals surface area contributed by atoms with Crippen LogP contribution in [-0.2, 0) is 9.53 Å². The molecule has 2 saturated heterocycles. The molecule has 0 N–H and O–H groups in total. The Morgan fingerprint density at radius 3 is 2.54 bits per heavy atom. The topological polar surface area (TPSA) is 58.6 Å². The van der Waals surface area contributed by atoms with Gasteiger partial charge in [-0.05, 0) is 12.8 Å². The van der Waals surface area contributed by atoms with Crippen LogP contribution in [0, 0.1) is 17.2 Å². The van der Waals surface area contributed by atoms with E-state index in [-0.39, 0.29) is 17.2 Å². The third-order valence-corrected chi connectivity index (χ3v) is 5.45. The Morgan fingerprint density at radius 1 is 1.21 bits per heavy atom. The average molecular weight is 332 g/mol. The second-order valence-electron chi connectivity index (χ2n) is 6.82. The highest BCUT2D eigenvalue weighted by Gasteiger charge is 2.52. The highest BCUT2D eigenvalue weighted by Crippen LogP contribution is 2.45. The molecule has 0 saturated carbocycles. The number of hydrogen-bond donors (Lipinski definition) is 0. The molecule has 0 aromatic carbocycles. The molecule has 3 aliphatic rings. The first-order valence-electron chi connectivity index (χ1n) is 8.42. The van der Waals surface area contributed by atoms with Gasteiger partial charge in [-0.1, -0.05) is 12.2 Å². The van der Waals surface area contributed by atoms with Crippen molar-refractivity contribution in [1.29, 1.82) is 0 Å². The SMILES string of the molecule is O=C([C@H]1CN(c2ncc(F)cn2)CC12CCOCC2)N1CC=CC1. The third kappa shape index (κ3) is 2.66. The van der Waals surface area contributed by atoms with E-state index in [1.807, 2.05) is 22.0 Å². The number of nitrogens with zero attached hydrogens (tertiary/aromatic N) is 4. The van der Waals surface area contributed by atoms with Gasteiger partial charge in [0.2, 0.25) is 11.9 Å². The van der Waals surface area contributed by atoms with Crippen LogP contribution in [0.4, 0.5) is 10.3 Å². The molecule has 3 aliphatic heterocycles. The van der Waals surface area contributed by atoms with Gasteiger partial charge in [0, 0.05) is 44.8 Å². The van der Waals surface area contributed by atoms with Crippen LogP contribution in [0.25, 0.3) is 0 Å². The molecule has 1 aromatic rings. The summed E-state index contributed by atoms with van der Waals surface area (Å²) in [6.07, 6.45) is 8.15. The van der Waals surface area contributed by atoms with Crippen molar-refractivity contribution in [2.75, 3.05) is 44.3 Å². The lowest BCUT2D eigenvalue weighted by Crippen LogP contribution is -2.45. The van der Waals surface area contributed by atoms with Gasteiger partial charge in [-0.2, -0.15) is 0 Å². The van der Waals surface area contributed by atoms with Crippen molar-refractivity contribution in [3.8, 4) is 0 Å². The summed E-state index contributed by atoms with van der Waals surface area (Å²) in [5.41, 5.74) is -0.102. The number of anilines is 1. The van der Waals surface area contributed by atoms with Crippen molar-refractivity contribution in [3.05, 3.63) is 30.4 Å². The van der Waals surface area contributed by atoms with Gasteiger partial charge in [-0.3, -0.25) is 4.79 Å². The smallest absolute Gasteiger partial charge is 0.228 e. The van der Waals surface area contributed by atoms with Gasteiger partial charge in [-0.15, -0.1) is 0 Å². The predicted molar refractivity (Wildman–Crippen MR) is 85.9 cm³/mol. The highest BCUT2D eigenvalue weighted by molar-refractivity contribution is 5.82. The van der Waals surface area contributed by atoms with E-state index in [9.17, 15) is 9.18 Å². The maximum absolute atomic E-state index is 13.1. The number of carbonyl (C=O) groups is 1. The van der Waals surface area contributed by atoms with E-state index >= 15 is 0 Å². The number of amides is 1. The first-order valence-corrected chi connectivity index (χ1v) is 8.42. The number of halogens is 1. The molecule has 2 fully saturated rings. The lowest BCUT2D eigenvalue weighted by atomic mass is 9.71. The maximum Gasteiger partial charge on any atom is 0.228 e. The van der Waals surface area contributed by atoms with E-state index < -0.39 is 5.82 Å². The molecule has 0 bridgehead atoms. The van der Waals surface area contributed by atoms with E-state index in [1.165, 1.54) is 12.4 Å². The molecule has 1 aromatic heterocycles. The fourth-order valence-corrected chi connectivity index (χ4v) is 4.09. The van der Waals surface area contributed by atoms with E-state index in [2.05, 4.69) is 9.97 Å². The van der Waals surface area contributed by atoms with Crippen molar-refractivity contribution in [1.82, 2.24) is 14.9 Å². The Hall–Kier alpha value is -2.02. The van der Waals surface area contributed by atoms with Crippen LogP contribution in [0.5, 0.6) is 0 Å². The van der Waals surface area contributed by atoms with Crippen molar-refractivity contribution in [2.24, 2.45) is 11.3 Å². The Bertz CT molecular complexity index is 634. The summed E-state index contributed by atoms with van der Waals surface area (Å²) >= 11 is 0. The Labute approximate surface area is 140 Å². The Morgan fingerprint density at radius 2 is 1.88 bits per heavy atom. The first kappa shape index (κ1) is 15.5. The number of ether oxygens (including phenoxy) is 1. The zero-order valence-electron chi connectivity index (χ0n) is 13.5. The van der Waals surface area contributed by atoms with Crippen molar-refractivity contribution >= 4 is 11.9 Å². The summed E-state index contributed by atoms with van der Waals surface area (Å²) in [7, 11) is 0. The van der Waals surface area contributed by atoms with Crippen LogP contribution in [0.3, 0.4) is 0 Å². The van der Waals surface area contributed by atoms with Crippen molar-refractivity contribution in [3.63, 3.8) is 0 Å². The standard InChI is InChI=1S/C17H21FN4O2/c18-13-9-19-16(20-10-13)22-11-14(15(23)21-5-1-2-6-21)17(12-22)3-7-24-8-4-17/h1-2,9-10,14H,3-8,11-12H2/t14-/m1/s1. The number of hydrogen-bond acceptors (Lipinski definition) is 5. The molecule has 1 atom stereocenters. The summed E-state index contributed by atoms with van der Waals surface area (Å²) in [6, 6.07) is 0. The van der Waals surface area contributed by atoms with Crippen LogP contribution in [0.2, 0.25) is 0 Å². The molecule has 1 spiro atoms. The quantitative estimate of drug-likeness (QED) is 0.763. The monoisotopic (exact) mass is 332 g/mol. The molecule has 0 radical (unpaired) electrons. The van der Waals surface area contributed by atoms with Gasteiger partial charge in [-0.25, -0.2) is 14.4 Å². The summed E-state index contributed by atoms with van der Waals surface area (Å²) < 4.78 is 18.6. The Balaban J connectivity index is 1.60. The van der Waals surface area contributed by atoms with Crippen LogP contribution < -0.4 is 4.90 Å². The molecule has 1 amide bonds. The van der Waals surface area contributed by atoms with Crippen LogP contribution in [0.1, 0.15) is 12.8 Å². The second-order valence-corrected chi connectivity index (χ2v) is 6.82. The summed E-state index contributed by atoms with van der Waals surface area (Å²) in [5, 5.41) is 0. The fraction of sp³-hybridized carbons (Fsp3) is 0.588. The third-order valence-electron chi connectivity index (χ3n) is 5.45. The van der Waals surface area contributed by atoms with Crippen LogP contribution in [-0.4, -0.2) is 60.2 Å². The lowest BCUT2D eigenvalue weighted by Gasteiger charge is -2.38. The van der Waals surface area contributed by atoms with E-state index in [4.69, 9.17) is 4.74 Å². The largest absolute Gasteiger partial charge is 0.381 e. The molecule has 7 heteroatoms. The summed E-state index contributed by atoms with van der Waals surface area (Å²) in [5.74, 6) is 0.160. The van der Waals surface area contributed by atoms with Crippen molar-refractivity contribution < 1.29 is 13.9 Å². The van der Waals surface area contributed by atoms with E-state index in [0.29, 0.717) is 38.8 Å². The molecule has 4 rings (SSSR count). The van der Waals surface area contributed by atoms with Gasteiger partial charge >= 0.3 is 0 Å². The molecule has 4 heterocycles. The van der Waals surface area contributed by atoms with Gasteiger partial charge < -0.3 is 14.5 Å².